The molecule has 5 heteroatoms. The average Bonchev–Trinajstić information content (AvgIpc) is 2.75. The minimum Gasteiger partial charge on any atom is -0.481 e. The molecule has 0 aliphatic rings. The van der Waals surface area contributed by atoms with E-state index in [1.165, 1.54) is 0 Å². The van der Waals surface area contributed by atoms with Gasteiger partial charge < -0.3 is 14.3 Å². The van der Waals surface area contributed by atoms with Crippen molar-refractivity contribution >= 4 is 23.1 Å². The fourth-order valence-corrected chi connectivity index (χ4v) is 1.76. The highest BCUT2D eigenvalue weighted by Gasteiger charge is 2.30. The second kappa shape index (κ2) is 3.76. The molecule has 0 amide bonds. The van der Waals surface area contributed by atoms with Crippen LogP contribution in [0.1, 0.15) is 25.8 Å². The van der Waals surface area contributed by atoms with E-state index >= 15 is 0 Å². The second-order valence-corrected chi connectivity index (χ2v) is 4.31. The number of aliphatic carboxylic acids is 1. The van der Waals surface area contributed by atoms with Crippen molar-refractivity contribution < 1.29 is 23.8 Å². The number of rotatable bonds is 4. The van der Waals surface area contributed by atoms with Crippen molar-refractivity contribution in [3.05, 3.63) is 23.8 Å². The van der Waals surface area contributed by atoms with E-state index in [2.05, 4.69) is 0 Å². The first-order valence-electron chi connectivity index (χ1n) is 5.14. The van der Waals surface area contributed by atoms with Gasteiger partial charge in [0, 0.05) is 5.56 Å². The van der Waals surface area contributed by atoms with E-state index in [9.17, 15) is 9.59 Å². The maximum atomic E-state index is 11.3. The van der Waals surface area contributed by atoms with Crippen molar-refractivity contribution in [2.45, 2.75) is 25.9 Å². The van der Waals surface area contributed by atoms with E-state index in [1.54, 1.807) is 26.0 Å². The van der Waals surface area contributed by atoms with Gasteiger partial charge in [0.1, 0.15) is 23.2 Å². The number of carbonyl (C=O) groups is 2. The molecule has 2 rings (SSSR count). The quantitative estimate of drug-likeness (QED) is 0.650. The maximum Gasteiger partial charge on any atom is 0.318 e. The first-order chi connectivity index (χ1) is 7.88. The number of esters is 1. The van der Waals surface area contributed by atoms with Gasteiger partial charge in [0.15, 0.2) is 0 Å². The fraction of sp³-hybridized carbons (Fsp3) is 0.333. The molecule has 90 valence electrons. The number of carboxylic acids is 1. The van der Waals surface area contributed by atoms with Crippen LogP contribution >= 0.6 is 0 Å². The summed E-state index contributed by atoms with van der Waals surface area (Å²) in [5, 5.41) is 8.49. The molecule has 0 spiro atoms. The van der Waals surface area contributed by atoms with E-state index in [1.807, 2.05) is 6.07 Å². The molecule has 0 atom stereocenters. The molecular weight excluding hydrogens is 224 g/mol. The van der Waals surface area contributed by atoms with Crippen LogP contribution < -0.4 is 0 Å². The van der Waals surface area contributed by atoms with Crippen molar-refractivity contribution in [2.75, 3.05) is 0 Å². The van der Waals surface area contributed by atoms with Gasteiger partial charge in [-0.3, -0.25) is 9.59 Å². The van der Waals surface area contributed by atoms with Crippen LogP contribution in [0.15, 0.2) is 22.6 Å². The highest BCUT2D eigenvalue weighted by Crippen LogP contribution is 2.33. The number of fused-ring (bicyclic) bond motifs is 2. The molecule has 0 saturated heterocycles. The van der Waals surface area contributed by atoms with Crippen LogP contribution in [0.25, 0.3) is 11.2 Å². The summed E-state index contributed by atoms with van der Waals surface area (Å²) < 4.78 is 10.5. The standard InChI is InChI=1S/C12H12O5/c1-12(2,17-11(15)6-10(13)14)8-5-7-3-4-9(8)16-7/h3-5H,6H2,1-2H3,(H,13,14). The zero-order valence-electron chi connectivity index (χ0n) is 9.52. The Morgan fingerprint density at radius 3 is 2.59 bits per heavy atom. The van der Waals surface area contributed by atoms with Gasteiger partial charge in [0.05, 0.1) is 0 Å². The SMILES string of the molecule is CC(C)(OC(=O)CC(=O)O)c1cc2ccc1o2. The molecule has 0 fully saturated rings. The predicted molar refractivity (Wildman–Crippen MR) is 58.8 cm³/mol. The van der Waals surface area contributed by atoms with Gasteiger partial charge in [-0.15, -0.1) is 0 Å². The lowest BCUT2D eigenvalue weighted by Crippen LogP contribution is -2.26. The number of carbonyl (C=O) groups excluding carboxylic acids is 1. The van der Waals surface area contributed by atoms with E-state index < -0.39 is 24.0 Å². The molecule has 2 aromatic heterocycles. The Morgan fingerprint density at radius 1 is 1.41 bits per heavy atom. The Kier molecular flexibility index (Phi) is 2.53. The summed E-state index contributed by atoms with van der Waals surface area (Å²) in [5.74, 6) is -1.97. The zero-order chi connectivity index (χ0) is 12.6. The highest BCUT2D eigenvalue weighted by molar-refractivity contribution is 5.90. The summed E-state index contributed by atoms with van der Waals surface area (Å²) in [6, 6.07) is 5.38. The molecule has 17 heavy (non-hydrogen) atoms. The molecule has 0 unspecified atom stereocenters. The number of furan rings is 2. The fourth-order valence-electron chi connectivity index (χ4n) is 1.76. The molecular formula is C12H12O5. The van der Waals surface area contributed by atoms with Crippen molar-refractivity contribution in [1.82, 2.24) is 0 Å². The number of hydrogen-bond acceptors (Lipinski definition) is 4. The zero-order valence-corrected chi connectivity index (χ0v) is 9.52. The summed E-state index contributed by atoms with van der Waals surface area (Å²) in [5.41, 5.74) is 1.20. The van der Waals surface area contributed by atoms with E-state index in [4.69, 9.17) is 14.3 Å². The number of carboxylic acid groups (broad SMARTS) is 1. The summed E-state index contributed by atoms with van der Waals surface area (Å²) in [6.07, 6.45) is -0.640. The van der Waals surface area contributed by atoms with Gasteiger partial charge in [-0.05, 0) is 32.0 Å². The van der Waals surface area contributed by atoms with Crippen LogP contribution in [0.4, 0.5) is 0 Å². The summed E-state index contributed by atoms with van der Waals surface area (Å²) in [6.45, 7) is 3.40. The highest BCUT2D eigenvalue weighted by atomic mass is 16.6. The summed E-state index contributed by atoms with van der Waals surface area (Å²) in [4.78, 5) is 21.7. The van der Waals surface area contributed by atoms with E-state index in [-0.39, 0.29) is 0 Å². The maximum absolute atomic E-state index is 11.3. The van der Waals surface area contributed by atoms with Gasteiger partial charge in [-0.25, -0.2) is 0 Å². The second-order valence-electron chi connectivity index (χ2n) is 4.31. The van der Waals surface area contributed by atoms with Crippen LogP contribution in [0, 0.1) is 0 Å². The summed E-state index contributed by atoms with van der Waals surface area (Å²) in [7, 11) is 0. The van der Waals surface area contributed by atoms with Crippen LogP contribution in [-0.2, 0) is 19.9 Å². The van der Waals surface area contributed by atoms with Crippen LogP contribution in [0.2, 0.25) is 0 Å². The van der Waals surface area contributed by atoms with Crippen molar-refractivity contribution in [3.63, 3.8) is 0 Å². The van der Waals surface area contributed by atoms with Crippen LogP contribution in [0.5, 0.6) is 0 Å². The normalized spacial score (nSPS) is 11.9. The van der Waals surface area contributed by atoms with Crippen molar-refractivity contribution in [2.24, 2.45) is 0 Å². The molecule has 5 nitrogen and oxygen atoms in total. The van der Waals surface area contributed by atoms with E-state index in [0.717, 1.165) is 5.56 Å². The Hall–Kier alpha value is -2.04. The molecule has 2 bridgehead atoms. The molecule has 0 aromatic carbocycles. The van der Waals surface area contributed by atoms with Crippen molar-refractivity contribution in [1.29, 1.82) is 0 Å². The third-order valence-corrected chi connectivity index (χ3v) is 2.49. The first-order valence-corrected chi connectivity index (χ1v) is 5.14. The number of ether oxygens (including phenoxy) is 1. The third kappa shape index (κ3) is 2.22. The lowest BCUT2D eigenvalue weighted by atomic mass is 9.98. The summed E-state index contributed by atoms with van der Waals surface area (Å²) >= 11 is 0. The lowest BCUT2D eigenvalue weighted by Gasteiger charge is -2.24. The molecule has 2 aromatic rings. The van der Waals surface area contributed by atoms with Gasteiger partial charge in [-0.2, -0.15) is 0 Å². The van der Waals surface area contributed by atoms with Gasteiger partial charge in [0.25, 0.3) is 0 Å². The Bertz CT molecular complexity index is 551. The van der Waals surface area contributed by atoms with Crippen LogP contribution in [0.3, 0.4) is 0 Å². The largest absolute Gasteiger partial charge is 0.481 e. The Balaban J connectivity index is 2.16. The Labute approximate surface area is 97.3 Å². The van der Waals surface area contributed by atoms with Gasteiger partial charge >= 0.3 is 11.9 Å². The smallest absolute Gasteiger partial charge is 0.318 e. The monoisotopic (exact) mass is 236 g/mol. The number of benzene rings is 1. The van der Waals surface area contributed by atoms with Gasteiger partial charge in [0.2, 0.25) is 0 Å². The molecule has 0 saturated carbocycles. The molecule has 0 aliphatic heterocycles. The first kappa shape index (κ1) is 11.4. The predicted octanol–water partition coefficient (Wildman–Crippen LogP) is 2.12. The number of hydrogen-bond donors (Lipinski definition) is 1. The average molecular weight is 236 g/mol. The van der Waals surface area contributed by atoms with Crippen molar-refractivity contribution in [3.8, 4) is 0 Å². The minimum atomic E-state index is -1.20. The molecule has 1 N–H and O–H groups in total. The molecule has 0 aliphatic carbocycles. The Morgan fingerprint density at radius 2 is 2.12 bits per heavy atom. The molecule has 2 heterocycles. The third-order valence-electron chi connectivity index (χ3n) is 2.49. The minimum absolute atomic E-state index is 0.640. The topological polar surface area (TPSA) is 76.7 Å². The lowest BCUT2D eigenvalue weighted by molar-refractivity contribution is -0.161. The van der Waals surface area contributed by atoms with Gasteiger partial charge in [-0.1, -0.05) is 0 Å². The molecule has 0 radical (unpaired) electrons. The van der Waals surface area contributed by atoms with E-state index in [0.29, 0.717) is 11.2 Å². The van der Waals surface area contributed by atoms with Crippen LogP contribution in [-0.4, -0.2) is 17.0 Å².